The largest absolute Gasteiger partial charge is 0.436 e. The molecule has 0 atom stereocenters. The highest BCUT2D eigenvalue weighted by Crippen LogP contribution is 2.36. The number of nitrogens with zero attached hydrogens (tertiary/aromatic N) is 2. The Hall–Kier alpha value is -1.47. The summed E-state index contributed by atoms with van der Waals surface area (Å²) in [5, 5.41) is 9.94. The first kappa shape index (κ1) is 14.0. The predicted octanol–water partition coefficient (Wildman–Crippen LogP) is 5.01. The molecule has 19 heavy (non-hydrogen) atoms. The van der Waals surface area contributed by atoms with E-state index in [4.69, 9.17) is 44.8 Å². The summed E-state index contributed by atoms with van der Waals surface area (Å²) in [6, 6.07) is 8.31. The molecule has 0 spiro atoms. The molecule has 0 unspecified atom stereocenters. The van der Waals surface area contributed by atoms with Crippen molar-refractivity contribution in [3.05, 3.63) is 50.6 Å². The lowest BCUT2D eigenvalue weighted by Crippen LogP contribution is -1.94. The summed E-state index contributed by atoms with van der Waals surface area (Å²) in [5.74, 6) is 0.480. The normalized spacial score (nSPS) is 10.1. The van der Waals surface area contributed by atoms with Crippen LogP contribution in [0.4, 0.5) is 0 Å². The number of hydrogen-bond acceptors (Lipinski definition) is 3. The maximum absolute atomic E-state index is 9.01. The number of pyridine rings is 1. The number of hydrogen-bond donors (Lipinski definition) is 0. The number of rotatable bonds is 2. The third-order valence-electron chi connectivity index (χ3n) is 2.30. The molecule has 2 rings (SSSR count). The van der Waals surface area contributed by atoms with E-state index >= 15 is 0 Å². The Morgan fingerprint density at radius 2 is 1.79 bits per heavy atom. The van der Waals surface area contributed by atoms with Gasteiger partial charge in [0, 0.05) is 11.8 Å². The maximum atomic E-state index is 9.01. The first-order valence-electron chi connectivity index (χ1n) is 5.21. The predicted molar refractivity (Wildman–Crippen MR) is 75.2 cm³/mol. The van der Waals surface area contributed by atoms with Crippen molar-refractivity contribution in [3.63, 3.8) is 0 Å². The van der Waals surface area contributed by atoms with E-state index in [1.165, 1.54) is 12.1 Å². The van der Waals surface area contributed by atoms with Crippen LogP contribution in [0.25, 0.3) is 0 Å². The van der Waals surface area contributed by atoms with Crippen molar-refractivity contribution < 1.29 is 4.74 Å². The summed E-state index contributed by atoms with van der Waals surface area (Å²) in [7, 11) is 0. The molecule has 0 aliphatic heterocycles. The van der Waals surface area contributed by atoms with Gasteiger partial charge in [-0.15, -0.1) is 0 Å². The van der Waals surface area contributed by atoms with Crippen LogP contribution in [0.3, 0.4) is 0 Å². The second kappa shape index (κ2) is 5.66. The number of aromatic nitrogens is 1. The molecule has 0 bridgehead atoms. The molecule has 0 N–H and O–H groups in total. The lowest BCUT2D eigenvalue weighted by molar-refractivity contribution is 0.460. The van der Waals surface area contributed by atoms with Gasteiger partial charge in [-0.3, -0.25) is 0 Å². The molecule has 0 fully saturated rings. The van der Waals surface area contributed by atoms with E-state index in [1.807, 2.05) is 6.07 Å². The van der Waals surface area contributed by atoms with Crippen LogP contribution in [0.1, 0.15) is 11.3 Å². The van der Waals surface area contributed by atoms with Crippen LogP contribution >= 0.6 is 34.8 Å². The van der Waals surface area contributed by atoms with Crippen molar-refractivity contribution in [1.82, 2.24) is 4.98 Å². The Balaban J connectivity index is 2.45. The molecule has 0 aliphatic carbocycles. The van der Waals surface area contributed by atoms with Crippen molar-refractivity contribution in [1.29, 1.82) is 5.26 Å². The summed E-state index contributed by atoms with van der Waals surface area (Å²) in [6.07, 6.45) is 0. The minimum atomic E-state index is 0.183. The van der Waals surface area contributed by atoms with E-state index in [0.29, 0.717) is 26.4 Å². The molecule has 0 saturated heterocycles. The molecule has 1 aromatic heterocycles. The molecule has 2 aromatic rings. The number of nitriles is 1. The monoisotopic (exact) mass is 312 g/mol. The molecular formula is C13H7Cl3N2O. The van der Waals surface area contributed by atoms with Crippen LogP contribution in [0.2, 0.25) is 15.1 Å². The lowest BCUT2D eigenvalue weighted by atomic mass is 10.2. The van der Waals surface area contributed by atoms with Gasteiger partial charge in [-0.1, -0.05) is 34.8 Å². The van der Waals surface area contributed by atoms with Crippen LogP contribution < -0.4 is 4.74 Å². The van der Waals surface area contributed by atoms with Crippen molar-refractivity contribution in [2.45, 2.75) is 6.92 Å². The Kier molecular flexibility index (Phi) is 4.16. The van der Waals surface area contributed by atoms with Crippen LogP contribution in [-0.4, -0.2) is 4.98 Å². The number of ether oxygens (including phenoxy) is 1. The van der Waals surface area contributed by atoms with Gasteiger partial charge in [-0.2, -0.15) is 5.26 Å². The summed E-state index contributed by atoms with van der Waals surface area (Å²) in [5.41, 5.74) is 1.04. The highest BCUT2D eigenvalue weighted by molar-refractivity contribution is 6.43. The van der Waals surface area contributed by atoms with Crippen molar-refractivity contribution >= 4 is 34.8 Å². The van der Waals surface area contributed by atoms with Gasteiger partial charge in [0.1, 0.15) is 17.4 Å². The van der Waals surface area contributed by atoms with Gasteiger partial charge in [0.05, 0.1) is 15.1 Å². The fourth-order valence-electron chi connectivity index (χ4n) is 1.38. The molecule has 0 saturated carbocycles. The van der Waals surface area contributed by atoms with E-state index < -0.39 is 0 Å². The van der Waals surface area contributed by atoms with Crippen LogP contribution in [0.5, 0.6) is 11.6 Å². The molecule has 6 heteroatoms. The zero-order valence-electron chi connectivity index (χ0n) is 9.75. The summed E-state index contributed by atoms with van der Waals surface area (Å²) in [6.45, 7) is 1.80. The fraction of sp³-hybridized carbons (Fsp3) is 0.0769. The maximum Gasteiger partial charge on any atom is 0.237 e. The Morgan fingerprint density at radius 3 is 2.47 bits per heavy atom. The molecule has 0 amide bonds. The third kappa shape index (κ3) is 3.10. The Bertz CT molecular complexity index is 680. The first-order valence-corrected chi connectivity index (χ1v) is 6.35. The minimum Gasteiger partial charge on any atom is -0.436 e. The van der Waals surface area contributed by atoms with Crippen LogP contribution in [0.15, 0.2) is 24.3 Å². The van der Waals surface area contributed by atoms with Crippen molar-refractivity contribution in [3.8, 4) is 17.7 Å². The van der Waals surface area contributed by atoms with Crippen molar-refractivity contribution in [2.24, 2.45) is 0 Å². The SMILES string of the molecule is Cc1ccc(C#N)c(Oc2cc(Cl)c(Cl)cc2Cl)n1. The highest BCUT2D eigenvalue weighted by atomic mass is 35.5. The van der Waals surface area contributed by atoms with Crippen LogP contribution in [-0.2, 0) is 0 Å². The van der Waals surface area contributed by atoms with Gasteiger partial charge in [-0.25, -0.2) is 4.98 Å². The zero-order chi connectivity index (χ0) is 14.0. The number of benzene rings is 1. The molecule has 96 valence electrons. The Morgan fingerprint density at radius 1 is 1.11 bits per heavy atom. The third-order valence-corrected chi connectivity index (χ3v) is 3.32. The van der Waals surface area contributed by atoms with Gasteiger partial charge >= 0.3 is 0 Å². The van der Waals surface area contributed by atoms with Gasteiger partial charge in [-0.05, 0) is 25.1 Å². The van der Waals surface area contributed by atoms with Gasteiger partial charge < -0.3 is 4.74 Å². The smallest absolute Gasteiger partial charge is 0.237 e. The van der Waals surface area contributed by atoms with E-state index in [9.17, 15) is 0 Å². The molecule has 0 aliphatic rings. The zero-order valence-corrected chi connectivity index (χ0v) is 12.0. The molecule has 1 aromatic carbocycles. The second-order valence-electron chi connectivity index (χ2n) is 3.72. The average Bonchev–Trinajstić information content (AvgIpc) is 2.36. The standard InChI is InChI=1S/C13H7Cl3N2O/c1-7-2-3-8(6-17)13(18-7)19-12-5-10(15)9(14)4-11(12)16/h2-5H,1H3. The molecular weight excluding hydrogens is 307 g/mol. The summed E-state index contributed by atoms with van der Waals surface area (Å²) >= 11 is 17.7. The second-order valence-corrected chi connectivity index (χ2v) is 4.94. The van der Waals surface area contributed by atoms with E-state index in [2.05, 4.69) is 4.98 Å². The molecule has 1 heterocycles. The average molecular weight is 314 g/mol. The number of halogens is 3. The quantitative estimate of drug-likeness (QED) is 0.732. The lowest BCUT2D eigenvalue weighted by Gasteiger charge is -2.09. The van der Waals surface area contributed by atoms with Gasteiger partial charge in [0.2, 0.25) is 5.88 Å². The van der Waals surface area contributed by atoms with E-state index in [-0.39, 0.29) is 5.88 Å². The first-order chi connectivity index (χ1) is 9.01. The van der Waals surface area contributed by atoms with Crippen molar-refractivity contribution in [2.75, 3.05) is 0 Å². The Labute approximate surface area is 125 Å². The van der Waals surface area contributed by atoms with Crippen LogP contribution in [0, 0.1) is 18.3 Å². The summed E-state index contributed by atoms with van der Waals surface area (Å²) < 4.78 is 5.54. The van der Waals surface area contributed by atoms with Gasteiger partial charge in [0.25, 0.3) is 0 Å². The van der Waals surface area contributed by atoms with E-state index in [0.717, 1.165) is 5.69 Å². The summed E-state index contributed by atoms with van der Waals surface area (Å²) in [4.78, 5) is 4.15. The minimum absolute atomic E-state index is 0.183. The van der Waals surface area contributed by atoms with Gasteiger partial charge in [0.15, 0.2) is 0 Å². The molecule has 0 radical (unpaired) electrons. The fourth-order valence-corrected chi connectivity index (χ4v) is 1.96. The van der Waals surface area contributed by atoms with E-state index in [1.54, 1.807) is 19.1 Å². The topological polar surface area (TPSA) is 45.9 Å². The number of aryl methyl sites for hydroxylation is 1. The molecule has 3 nitrogen and oxygen atoms in total. The highest BCUT2D eigenvalue weighted by Gasteiger charge is 2.12.